The molecule has 1 aliphatic rings. The van der Waals surface area contributed by atoms with Crippen molar-refractivity contribution in [1.82, 2.24) is 0 Å². The Balaban J connectivity index is 2.28. The fourth-order valence-electron chi connectivity index (χ4n) is 1.20. The predicted molar refractivity (Wildman–Crippen MR) is 52.9 cm³/mol. The SMILES string of the molecule is Clc1ccc(C2(Br)COC2)cc1. The molecule has 0 spiro atoms. The highest BCUT2D eigenvalue weighted by Gasteiger charge is 2.37. The second kappa shape index (κ2) is 3.02. The molecule has 12 heavy (non-hydrogen) atoms. The first kappa shape index (κ1) is 8.54. The molecule has 1 aromatic rings. The summed E-state index contributed by atoms with van der Waals surface area (Å²) in [5.74, 6) is 0. The van der Waals surface area contributed by atoms with Crippen molar-refractivity contribution in [3.63, 3.8) is 0 Å². The number of hydrogen-bond acceptors (Lipinski definition) is 1. The van der Waals surface area contributed by atoms with Crippen molar-refractivity contribution in [3.05, 3.63) is 34.9 Å². The van der Waals surface area contributed by atoms with Crippen LogP contribution in [0.4, 0.5) is 0 Å². The summed E-state index contributed by atoms with van der Waals surface area (Å²) >= 11 is 9.41. The third kappa shape index (κ3) is 1.39. The van der Waals surface area contributed by atoms with Crippen molar-refractivity contribution < 1.29 is 4.74 Å². The fraction of sp³-hybridized carbons (Fsp3) is 0.333. The van der Waals surface area contributed by atoms with E-state index in [1.165, 1.54) is 5.56 Å². The third-order valence-electron chi connectivity index (χ3n) is 2.02. The Morgan fingerprint density at radius 3 is 2.25 bits per heavy atom. The second-order valence-corrected chi connectivity index (χ2v) is 4.92. The lowest BCUT2D eigenvalue weighted by molar-refractivity contribution is -0.00698. The third-order valence-corrected chi connectivity index (χ3v) is 3.19. The molecule has 0 saturated carbocycles. The molecule has 0 aliphatic carbocycles. The lowest BCUT2D eigenvalue weighted by atomic mass is 9.98. The average molecular weight is 248 g/mol. The van der Waals surface area contributed by atoms with Crippen LogP contribution in [0.2, 0.25) is 5.02 Å². The molecule has 0 aromatic heterocycles. The highest BCUT2D eigenvalue weighted by molar-refractivity contribution is 9.09. The van der Waals surface area contributed by atoms with Crippen LogP contribution in [-0.4, -0.2) is 13.2 Å². The minimum absolute atomic E-state index is 0.0393. The Hall–Kier alpha value is -0.0500. The molecule has 1 saturated heterocycles. The molecule has 0 N–H and O–H groups in total. The maximum absolute atomic E-state index is 5.78. The van der Waals surface area contributed by atoms with E-state index in [4.69, 9.17) is 16.3 Å². The molecular formula is C9H8BrClO. The van der Waals surface area contributed by atoms with Gasteiger partial charge in [-0.1, -0.05) is 39.7 Å². The lowest BCUT2D eigenvalue weighted by Crippen LogP contribution is -2.40. The van der Waals surface area contributed by atoms with Crippen LogP contribution in [-0.2, 0) is 9.06 Å². The summed E-state index contributed by atoms with van der Waals surface area (Å²) in [5, 5.41) is 0.773. The number of ether oxygens (including phenoxy) is 1. The van der Waals surface area contributed by atoms with Gasteiger partial charge in [0.25, 0.3) is 0 Å². The highest BCUT2D eigenvalue weighted by Crippen LogP contribution is 2.38. The first-order chi connectivity index (χ1) is 5.71. The van der Waals surface area contributed by atoms with Crippen LogP contribution < -0.4 is 0 Å². The van der Waals surface area contributed by atoms with E-state index < -0.39 is 0 Å². The molecule has 1 nitrogen and oxygen atoms in total. The van der Waals surface area contributed by atoms with Gasteiger partial charge < -0.3 is 4.74 Å². The lowest BCUT2D eigenvalue weighted by Gasteiger charge is -2.36. The summed E-state index contributed by atoms with van der Waals surface area (Å²) in [4.78, 5) is 0. The maximum Gasteiger partial charge on any atom is 0.0971 e. The van der Waals surface area contributed by atoms with Crippen molar-refractivity contribution in [2.75, 3.05) is 13.2 Å². The van der Waals surface area contributed by atoms with E-state index in [1.54, 1.807) is 0 Å². The minimum atomic E-state index is 0.0393. The molecule has 0 unspecified atom stereocenters. The van der Waals surface area contributed by atoms with E-state index in [2.05, 4.69) is 15.9 Å². The van der Waals surface area contributed by atoms with Crippen LogP contribution >= 0.6 is 27.5 Å². The number of benzene rings is 1. The largest absolute Gasteiger partial charge is 0.378 e. The maximum atomic E-state index is 5.78. The first-order valence-corrected chi connectivity index (χ1v) is 4.90. The van der Waals surface area contributed by atoms with Crippen LogP contribution in [0, 0.1) is 0 Å². The Bertz CT molecular complexity index is 279. The smallest absolute Gasteiger partial charge is 0.0971 e. The quantitative estimate of drug-likeness (QED) is 0.693. The molecule has 1 aromatic carbocycles. The van der Waals surface area contributed by atoms with Gasteiger partial charge in [0, 0.05) is 5.02 Å². The standard InChI is InChI=1S/C9H8BrClO/c10-9(5-12-6-9)7-1-3-8(11)4-2-7/h1-4H,5-6H2. The number of halogens is 2. The van der Waals surface area contributed by atoms with Crippen LogP contribution in [0.1, 0.15) is 5.56 Å². The molecule has 64 valence electrons. The molecule has 0 atom stereocenters. The summed E-state index contributed by atoms with van der Waals surface area (Å²) in [6.07, 6.45) is 0. The van der Waals surface area contributed by atoms with Crippen LogP contribution in [0.3, 0.4) is 0 Å². The molecule has 0 radical (unpaired) electrons. The van der Waals surface area contributed by atoms with E-state index in [9.17, 15) is 0 Å². The van der Waals surface area contributed by atoms with Gasteiger partial charge in [0.2, 0.25) is 0 Å². The van der Waals surface area contributed by atoms with Gasteiger partial charge in [-0.15, -0.1) is 0 Å². The monoisotopic (exact) mass is 246 g/mol. The van der Waals surface area contributed by atoms with Crippen LogP contribution in [0.5, 0.6) is 0 Å². The van der Waals surface area contributed by atoms with E-state index in [-0.39, 0.29) is 4.32 Å². The van der Waals surface area contributed by atoms with Crippen LogP contribution in [0.15, 0.2) is 24.3 Å². The Kier molecular flexibility index (Phi) is 2.15. The van der Waals surface area contributed by atoms with Gasteiger partial charge in [-0.3, -0.25) is 0 Å². The molecular weight excluding hydrogens is 239 g/mol. The molecule has 0 amide bonds. The predicted octanol–water partition coefficient (Wildman–Crippen LogP) is 2.96. The van der Waals surface area contributed by atoms with E-state index in [0.29, 0.717) is 0 Å². The van der Waals surface area contributed by atoms with Crippen molar-refractivity contribution >= 4 is 27.5 Å². The molecule has 3 heteroatoms. The summed E-state index contributed by atoms with van der Waals surface area (Å²) in [5.41, 5.74) is 1.23. The average Bonchev–Trinajstić information content (AvgIpc) is 2.02. The van der Waals surface area contributed by atoms with E-state index in [1.807, 2.05) is 24.3 Å². The number of hydrogen-bond donors (Lipinski definition) is 0. The van der Waals surface area contributed by atoms with Gasteiger partial charge in [0.1, 0.15) is 0 Å². The number of alkyl halides is 1. The zero-order valence-electron chi connectivity index (χ0n) is 6.39. The first-order valence-electron chi connectivity index (χ1n) is 3.73. The minimum Gasteiger partial charge on any atom is -0.378 e. The molecule has 0 bridgehead atoms. The molecule has 1 heterocycles. The molecule has 1 fully saturated rings. The molecule has 2 rings (SSSR count). The fourth-order valence-corrected chi connectivity index (χ4v) is 1.91. The Morgan fingerprint density at radius 1 is 1.25 bits per heavy atom. The van der Waals surface area contributed by atoms with E-state index >= 15 is 0 Å². The van der Waals surface area contributed by atoms with Crippen molar-refractivity contribution in [1.29, 1.82) is 0 Å². The Labute approximate surface area is 84.8 Å². The van der Waals surface area contributed by atoms with Gasteiger partial charge in [0.05, 0.1) is 17.5 Å². The second-order valence-electron chi connectivity index (χ2n) is 2.96. The normalized spacial score (nSPS) is 20.2. The summed E-state index contributed by atoms with van der Waals surface area (Å²) in [7, 11) is 0. The Morgan fingerprint density at radius 2 is 1.83 bits per heavy atom. The van der Waals surface area contributed by atoms with Gasteiger partial charge >= 0.3 is 0 Å². The van der Waals surface area contributed by atoms with Crippen molar-refractivity contribution in [2.24, 2.45) is 0 Å². The van der Waals surface area contributed by atoms with E-state index in [0.717, 1.165) is 18.2 Å². The number of rotatable bonds is 1. The topological polar surface area (TPSA) is 9.23 Å². The van der Waals surface area contributed by atoms with Gasteiger partial charge in [0.15, 0.2) is 0 Å². The summed E-state index contributed by atoms with van der Waals surface area (Å²) in [6.45, 7) is 1.49. The zero-order chi connectivity index (χ0) is 8.60. The summed E-state index contributed by atoms with van der Waals surface area (Å²) < 4.78 is 5.18. The zero-order valence-corrected chi connectivity index (χ0v) is 8.73. The van der Waals surface area contributed by atoms with Crippen LogP contribution in [0.25, 0.3) is 0 Å². The molecule has 1 aliphatic heterocycles. The highest BCUT2D eigenvalue weighted by atomic mass is 79.9. The van der Waals surface area contributed by atoms with Crippen molar-refractivity contribution in [3.8, 4) is 0 Å². The van der Waals surface area contributed by atoms with Gasteiger partial charge in [-0.2, -0.15) is 0 Å². The van der Waals surface area contributed by atoms with Gasteiger partial charge in [-0.25, -0.2) is 0 Å². The van der Waals surface area contributed by atoms with Crippen molar-refractivity contribution in [2.45, 2.75) is 4.32 Å². The summed E-state index contributed by atoms with van der Waals surface area (Å²) in [6, 6.07) is 7.86. The van der Waals surface area contributed by atoms with Gasteiger partial charge in [-0.05, 0) is 17.7 Å².